The molecule has 1 amide bonds. The Balaban J connectivity index is 1.81. The lowest BCUT2D eigenvalue weighted by molar-refractivity contribution is 0.0942. The molecule has 0 aliphatic carbocycles. The molecule has 1 aliphatic heterocycles. The van der Waals surface area contributed by atoms with Gasteiger partial charge in [-0.25, -0.2) is 8.78 Å². The van der Waals surface area contributed by atoms with Gasteiger partial charge in [0.2, 0.25) is 0 Å². The van der Waals surface area contributed by atoms with E-state index in [1.54, 1.807) is 0 Å². The van der Waals surface area contributed by atoms with Crippen molar-refractivity contribution in [1.29, 1.82) is 0 Å². The number of phenols is 1. The normalized spacial score (nSPS) is 19.1. The largest absolute Gasteiger partial charge is 0.507 e. The predicted octanol–water partition coefficient (Wildman–Crippen LogP) is 2.66. The summed E-state index contributed by atoms with van der Waals surface area (Å²) in [4.78, 5) is 14.2. The van der Waals surface area contributed by atoms with Gasteiger partial charge in [-0.3, -0.25) is 4.79 Å². The third-order valence-electron chi connectivity index (χ3n) is 4.11. The van der Waals surface area contributed by atoms with E-state index < -0.39 is 28.9 Å². The summed E-state index contributed by atoms with van der Waals surface area (Å²) in [6, 6.07) is 1.88. The average Bonchev–Trinajstić information content (AvgIpc) is 2.44. The molecule has 1 aromatic carbocycles. The molecule has 0 spiro atoms. The standard InChI is InChI=1S/C16H22F2N2O2/c1-11-5-2-3-7-20(11)8-4-6-19-16(22)15-13(18)9-12(17)10-14(15)21/h9-11,21H,2-8H2,1H3,(H,19,22). The van der Waals surface area contributed by atoms with E-state index >= 15 is 0 Å². The van der Waals surface area contributed by atoms with Gasteiger partial charge < -0.3 is 15.3 Å². The van der Waals surface area contributed by atoms with Crippen LogP contribution >= 0.6 is 0 Å². The number of carbonyl (C=O) groups is 1. The van der Waals surface area contributed by atoms with Crippen LogP contribution in [-0.2, 0) is 0 Å². The van der Waals surface area contributed by atoms with Crippen molar-refractivity contribution in [1.82, 2.24) is 10.2 Å². The molecule has 4 nitrogen and oxygen atoms in total. The Kier molecular flexibility index (Phi) is 5.71. The molecule has 1 unspecified atom stereocenters. The van der Waals surface area contributed by atoms with E-state index in [0.29, 0.717) is 18.7 Å². The molecular formula is C16H22F2N2O2. The molecule has 2 rings (SSSR count). The van der Waals surface area contributed by atoms with E-state index in [2.05, 4.69) is 17.1 Å². The van der Waals surface area contributed by atoms with Gasteiger partial charge in [-0.1, -0.05) is 6.42 Å². The molecular weight excluding hydrogens is 290 g/mol. The van der Waals surface area contributed by atoms with Gasteiger partial charge in [0.25, 0.3) is 5.91 Å². The number of amides is 1. The highest BCUT2D eigenvalue weighted by molar-refractivity contribution is 5.97. The van der Waals surface area contributed by atoms with E-state index in [9.17, 15) is 18.7 Å². The number of likely N-dealkylation sites (tertiary alicyclic amines) is 1. The lowest BCUT2D eigenvalue weighted by atomic mass is 10.0. The zero-order chi connectivity index (χ0) is 16.1. The van der Waals surface area contributed by atoms with Crippen molar-refractivity contribution < 1.29 is 18.7 Å². The van der Waals surface area contributed by atoms with Crippen molar-refractivity contribution in [2.75, 3.05) is 19.6 Å². The lowest BCUT2D eigenvalue weighted by Crippen LogP contribution is -2.39. The first-order chi connectivity index (χ1) is 10.5. The van der Waals surface area contributed by atoms with E-state index in [4.69, 9.17) is 0 Å². The highest BCUT2D eigenvalue weighted by Crippen LogP contribution is 2.22. The molecule has 2 N–H and O–H groups in total. The molecule has 1 saturated heterocycles. The van der Waals surface area contributed by atoms with Gasteiger partial charge in [0.05, 0.1) is 0 Å². The molecule has 0 aromatic heterocycles. The van der Waals surface area contributed by atoms with Crippen LogP contribution in [0.3, 0.4) is 0 Å². The molecule has 1 aliphatic rings. The summed E-state index contributed by atoms with van der Waals surface area (Å²) >= 11 is 0. The van der Waals surface area contributed by atoms with Crippen LogP contribution in [0.15, 0.2) is 12.1 Å². The molecule has 1 atom stereocenters. The van der Waals surface area contributed by atoms with E-state index in [1.807, 2.05) is 0 Å². The SMILES string of the molecule is CC1CCCCN1CCCNC(=O)c1c(O)cc(F)cc1F. The molecule has 1 aromatic rings. The Morgan fingerprint density at radius 2 is 2.18 bits per heavy atom. The number of rotatable bonds is 5. The van der Waals surface area contributed by atoms with Crippen LogP contribution in [0, 0.1) is 11.6 Å². The molecule has 22 heavy (non-hydrogen) atoms. The van der Waals surface area contributed by atoms with Crippen LogP contribution in [0.2, 0.25) is 0 Å². The molecule has 1 fully saturated rings. The predicted molar refractivity (Wildman–Crippen MR) is 79.9 cm³/mol. The maximum Gasteiger partial charge on any atom is 0.258 e. The smallest absolute Gasteiger partial charge is 0.258 e. The lowest BCUT2D eigenvalue weighted by Gasteiger charge is -2.33. The highest BCUT2D eigenvalue weighted by atomic mass is 19.1. The van der Waals surface area contributed by atoms with E-state index in [0.717, 1.165) is 25.6 Å². The van der Waals surface area contributed by atoms with Crippen LogP contribution in [0.1, 0.15) is 43.0 Å². The number of halogens is 2. The number of piperidine rings is 1. The Labute approximate surface area is 129 Å². The number of nitrogens with zero attached hydrogens (tertiary/aromatic N) is 1. The topological polar surface area (TPSA) is 52.6 Å². The van der Waals surface area contributed by atoms with Crippen molar-refractivity contribution in [2.24, 2.45) is 0 Å². The number of hydrogen-bond acceptors (Lipinski definition) is 3. The van der Waals surface area contributed by atoms with Crippen molar-refractivity contribution >= 4 is 5.91 Å². The maximum absolute atomic E-state index is 13.5. The highest BCUT2D eigenvalue weighted by Gasteiger charge is 2.19. The fourth-order valence-electron chi connectivity index (χ4n) is 2.85. The minimum Gasteiger partial charge on any atom is -0.507 e. The second kappa shape index (κ2) is 7.54. The molecule has 0 radical (unpaired) electrons. The number of benzene rings is 1. The van der Waals surface area contributed by atoms with Crippen LogP contribution in [0.4, 0.5) is 8.78 Å². The first-order valence-corrected chi connectivity index (χ1v) is 7.69. The third kappa shape index (κ3) is 4.16. The van der Waals surface area contributed by atoms with Gasteiger partial charge in [-0.05, 0) is 32.7 Å². The molecule has 6 heteroatoms. The average molecular weight is 312 g/mol. The van der Waals surface area contributed by atoms with Crippen LogP contribution in [0.25, 0.3) is 0 Å². The number of aromatic hydroxyl groups is 1. The van der Waals surface area contributed by atoms with Crippen LogP contribution in [-0.4, -0.2) is 41.6 Å². The van der Waals surface area contributed by atoms with Gasteiger partial charge in [0, 0.05) is 31.3 Å². The Hall–Kier alpha value is -1.69. The summed E-state index contributed by atoms with van der Waals surface area (Å²) in [7, 11) is 0. The molecule has 1 heterocycles. The monoisotopic (exact) mass is 312 g/mol. The summed E-state index contributed by atoms with van der Waals surface area (Å²) in [6.07, 6.45) is 4.41. The van der Waals surface area contributed by atoms with Gasteiger partial charge in [0.1, 0.15) is 22.9 Å². The molecule has 0 bridgehead atoms. The first kappa shape index (κ1) is 16.7. The summed E-state index contributed by atoms with van der Waals surface area (Å²) in [5, 5.41) is 12.1. The second-order valence-electron chi connectivity index (χ2n) is 5.77. The van der Waals surface area contributed by atoms with Gasteiger partial charge in [-0.2, -0.15) is 0 Å². The van der Waals surface area contributed by atoms with Gasteiger partial charge in [-0.15, -0.1) is 0 Å². The number of carbonyl (C=O) groups excluding carboxylic acids is 1. The zero-order valence-corrected chi connectivity index (χ0v) is 12.7. The molecule has 0 saturated carbocycles. The fraction of sp³-hybridized carbons (Fsp3) is 0.562. The zero-order valence-electron chi connectivity index (χ0n) is 12.7. The van der Waals surface area contributed by atoms with Crippen molar-refractivity contribution in [3.8, 4) is 5.75 Å². The van der Waals surface area contributed by atoms with Crippen LogP contribution < -0.4 is 5.32 Å². The van der Waals surface area contributed by atoms with Crippen molar-refractivity contribution in [3.05, 3.63) is 29.3 Å². The maximum atomic E-state index is 13.5. The Morgan fingerprint density at radius 3 is 2.86 bits per heavy atom. The summed E-state index contributed by atoms with van der Waals surface area (Å²) in [5.41, 5.74) is -0.507. The Bertz CT molecular complexity index is 514. The summed E-state index contributed by atoms with van der Waals surface area (Å²) in [5.74, 6) is -3.37. The summed E-state index contributed by atoms with van der Waals surface area (Å²) < 4.78 is 26.4. The number of hydrogen-bond donors (Lipinski definition) is 2. The minimum absolute atomic E-state index is 0.387. The third-order valence-corrected chi connectivity index (χ3v) is 4.11. The Morgan fingerprint density at radius 1 is 1.41 bits per heavy atom. The van der Waals surface area contributed by atoms with Crippen molar-refractivity contribution in [3.63, 3.8) is 0 Å². The van der Waals surface area contributed by atoms with E-state index in [1.165, 1.54) is 19.3 Å². The first-order valence-electron chi connectivity index (χ1n) is 7.69. The fourth-order valence-corrected chi connectivity index (χ4v) is 2.85. The number of nitrogens with one attached hydrogen (secondary N) is 1. The number of phenolic OH excluding ortho intramolecular Hbond substituents is 1. The van der Waals surface area contributed by atoms with E-state index in [-0.39, 0.29) is 0 Å². The second-order valence-corrected chi connectivity index (χ2v) is 5.77. The minimum atomic E-state index is -1.06. The molecule has 122 valence electrons. The summed E-state index contributed by atoms with van der Waals surface area (Å²) in [6.45, 7) is 4.53. The van der Waals surface area contributed by atoms with Crippen LogP contribution in [0.5, 0.6) is 5.75 Å². The van der Waals surface area contributed by atoms with Gasteiger partial charge in [0.15, 0.2) is 0 Å². The quantitative estimate of drug-likeness (QED) is 0.822. The van der Waals surface area contributed by atoms with Gasteiger partial charge >= 0.3 is 0 Å². The van der Waals surface area contributed by atoms with Crippen molar-refractivity contribution in [2.45, 2.75) is 38.6 Å².